The fourth-order valence-electron chi connectivity index (χ4n) is 1.74. The van der Waals surface area contributed by atoms with Gasteiger partial charge in [-0.05, 0) is 25.7 Å². The van der Waals surface area contributed by atoms with E-state index < -0.39 is 0 Å². The van der Waals surface area contributed by atoms with Crippen molar-refractivity contribution in [3.05, 3.63) is 12.7 Å². The molecule has 0 unspecified atom stereocenters. The molecule has 1 aliphatic heterocycles. The Kier molecular flexibility index (Phi) is 4.14. The van der Waals surface area contributed by atoms with Crippen LogP contribution in [0.5, 0.6) is 0 Å². The van der Waals surface area contributed by atoms with Gasteiger partial charge in [0.15, 0.2) is 0 Å². The zero-order chi connectivity index (χ0) is 10.6. The van der Waals surface area contributed by atoms with Crippen molar-refractivity contribution in [3.8, 4) is 0 Å². The van der Waals surface area contributed by atoms with E-state index in [2.05, 4.69) is 32.7 Å². The first-order valence-electron chi connectivity index (χ1n) is 5.57. The Morgan fingerprint density at radius 1 is 1.43 bits per heavy atom. The van der Waals surface area contributed by atoms with Gasteiger partial charge in [0.1, 0.15) is 0 Å². The van der Waals surface area contributed by atoms with E-state index >= 15 is 0 Å². The molecule has 0 radical (unpaired) electrons. The summed E-state index contributed by atoms with van der Waals surface area (Å²) < 4.78 is 5.34. The molecule has 1 saturated heterocycles. The lowest BCUT2D eigenvalue weighted by Gasteiger charge is -2.37. The van der Waals surface area contributed by atoms with Gasteiger partial charge >= 0.3 is 0 Å². The minimum atomic E-state index is 0.0575. The largest absolute Gasteiger partial charge is 0.381 e. The third kappa shape index (κ3) is 2.82. The van der Waals surface area contributed by atoms with Crippen LogP contribution in [0.1, 0.15) is 33.6 Å². The van der Waals surface area contributed by atoms with Gasteiger partial charge in [-0.15, -0.1) is 6.58 Å². The molecule has 14 heavy (non-hydrogen) atoms. The molecule has 1 heterocycles. The van der Waals surface area contributed by atoms with Crippen LogP contribution in [0.25, 0.3) is 0 Å². The SMILES string of the molecule is C=C[C@](C)(NC1CCOCC1)C(C)C. The van der Waals surface area contributed by atoms with Gasteiger partial charge in [0.05, 0.1) is 0 Å². The minimum Gasteiger partial charge on any atom is -0.381 e. The topological polar surface area (TPSA) is 21.3 Å². The Morgan fingerprint density at radius 3 is 2.43 bits per heavy atom. The second-order valence-corrected chi connectivity index (χ2v) is 4.67. The maximum absolute atomic E-state index is 5.34. The van der Waals surface area contributed by atoms with Crippen LogP contribution in [0.4, 0.5) is 0 Å². The van der Waals surface area contributed by atoms with E-state index in [0.717, 1.165) is 26.1 Å². The Bertz CT molecular complexity index is 185. The summed E-state index contributed by atoms with van der Waals surface area (Å²) in [5.41, 5.74) is 0.0575. The van der Waals surface area contributed by atoms with E-state index in [1.54, 1.807) is 0 Å². The van der Waals surface area contributed by atoms with Crippen molar-refractivity contribution >= 4 is 0 Å². The Balaban J connectivity index is 2.50. The predicted octanol–water partition coefficient (Wildman–Crippen LogP) is 2.36. The van der Waals surface area contributed by atoms with E-state index in [-0.39, 0.29) is 5.54 Å². The van der Waals surface area contributed by atoms with E-state index in [9.17, 15) is 0 Å². The average molecular weight is 197 g/mol. The minimum absolute atomic E-state index is 0.0575. The van der Waals surface area contributed by atoms with Crippen LogP contribution in [0.3, 0.4) is 0 Å². The van der Waals surface area contributed by atoms with Crippen molar-refractivity contribution in [2.45, 2.75) is 45.2 Å². The van der Waals surface area contributed by atoms with Crippen LogP contribution < -0.4 is 5.32 Å². The monoisotopic (exact) mass is 197 g/mol. The van der Waals surface area contributed by atoms with Crippen molar-refractivity contribution in [3.63, 3.8) is 0 Å². The summed E-state index contributed by atoms with van der Waals surface area (Å²) in [6.07, 6.45) is 4.28. The number of nitrogens with one attached hydrogen (secondary N) is 1. The molecular formula is C12H23NO. The van der Waals surface area contributed by atoms with E-state index in [0.29, 0.717) is 12.0 Å². The van der Waals surface area contributed by atoms with Crippen LogP contribution in [-0.2, 0) is 4.74 Å². The normalized spacial score (nSPS) is 23.4. The lowest BCUT2D eigenvalue weighted by atomic mass is 9.87. The first-order valence-corrected chi connectivity index (χ1v) is 5.57. The highest BCUT2D eigenvalue weighted by atomic mass is 16.5. The molecule has 0 aromatic rings. The maximum Gasteiger partial charge on any atom is 0.0480 e. The lowest BCUT2D eigenvalue weighted by Crippen LogP contribution is -2.51. The molecule has 1 fully saturated rings. The fraction of sp³-hybridized carbons (Fsp3) is 0.833. The summed E-state index contributed by atoms with van der Waals surface area (Å²) in [5.74, 6) is 0.572. The molecule has 0 aliphatic carbocycles. The predicted molar refractivity (Wildman–Crippen MR) is 60.4 cm³/mol. The summed E-state index contributed by atoms with van der Waals surface area (Å²) in [4.78, 5) is 0. The highest BCUT2D eigenvalue weighted by Gasteiger charge is 2.28. The Morgan fingerprint density at radius 2 is 2.00 bits per heavy atom. The van der Waals surface area contributed by atoms with Gasteiger partial charge in [-0.1, -0.05) is 19.9 Å². The van der Waals surface area contributed by atoms with Gasteiger partial charge in [0.25, 0.3) is 0 Å². The zero-order valence-electron chi connectivity index (χ0n) is 9.68. The number of ether oxygens (including phenoxy) is 1. The molecule has 2 nitrogen and oxygen atoms in total. The lowest BCUT2D eigenvalue weighted by molar-refractivity contribution is 0.0688. The molecule has 0 amide bonds. The first-order chi connectivity index (χ1) is 6.58. The summed E-state index contributed by atoms with van der Waals surface area (Å²) in [5, 5.41) is 3.68. The van der Waals surface area contributed by atoms with Crippen LogP contribution in [0.2, 0.25) is 0 Å². The molecule has 1 atom stereocenters. The Labute approximate surface area is 87.7 Å². The molecule has 1 rings (SSSR count). The van der Waals surface area contributed by atoms with Crippen molar-refractivity contribution in [2.75, 3.05) is 13.2 Å². The smallest absolute Gasteiger partial charge is 0.0480 e. The second kappa shape index (κ2) is 4.94. The van der Waals surface area contributed by atoms with Crippen LogP contribution >= 0.6 is 0 Å². The van der Waals surface area contributed by atoms with Crippen LogP contribution in [-0.4, -0.2) is 24.8 Å². The highest BCUT2D eigenvalue weighted by Crippen LogP contribution is 2.20. The van der Waals surface area contributed by atoms with Gasteiger partial charge in [0.2, 0.25) is 0 Å². The van der Waals surface area contributed by atoms with Crippen molar-refractivity contribution < 1.29 is 4.74 Å². The maximum atomic E-state index is 5.34. The second-order valence-electron chi connectivity index (χ2n) is 4.67. The third-order valence-corrected chi connectivity index (χ3v) is 3.36. The molecule has 0 spiro atoms. The molecule has 0 bridgehead atoms. The van der Waals surface area contributed by atoms with E-state index in [1.807, 2.05) is 6.08 Å². The molecule has 0 aromatic carbocycles. The summed E-state index contributed by atoms with van der Waals surface area (Å²) in [7, 11) is 0. The summed E-state index contributed by atoms with van der Waals surface area (Å²) in [6.45, 7) is 12.4. The number of hydrogen-bond donors (Lipinski definition) is 1. The van der Waals surface area contributed by atoms with Crippen LogP contribution in [0, 0.1) is 5.92 Å². The van der Waals surface area contributed by atoms with E-state index in [4.69, 9.17) is 4.74 Å². The van der Waals surface area contributed by atoms with Crippen molar-refractivity contribution in [2.24, 2.45) is 5.92 Å². The Hall–Kier alpha value is -0.340. The molecule has 1 aliphatic rings. The van der Waals surface area contributed by atoms with Crippen molar-refractivity contribution in [1.29, 1.82) is 0 Å². The molecule has 1 N–H and O–H groups in total. The van der Waals surface area contributed by atoms with Gasteiger partial charge < -0.3 is 10.1 Å². The van der Waals surface area contributed by atoms with Crippen molar-refractivity contribution in [1.82, 2.24) is 5.32 Å². The van der Waals surface area contributed by atoms with Crippen LogP contribution in [0.15, 0.2) is 12.7 Å². The first kappa shape index (κ1) is 11.7. The van der Waals surface area contributed by atoms with Gasteiger partial charge in [-0.3, -0.25) is 0 Å². The number of hydrogen-bond acceptors (Lipinski definition) is 2. The van der Waals surface area contributed by atoms with Gasteiger partial charge in [0, 0.05) is 24.8 Å². The van der Waals surface area contributed by atoms with Gasteiger partial charge in [-0.25, -0.2) is 0 Å². The van der Waals surface area contributed by atoms with E-state index in [1.165, 1.54) is 0 Å². The fourth-order valence-corrected chi connectivity index (χ4v) is 1.74. The highest BCUT2D eigenvalue weighted by molar-refractivity contribution is 5.03. The number of rotatable bonds is 4. The molecule has 82 valence electrons. The molecule has 2 heteroatoms. The zero-order valence-corrected chi connectivity index (χ0v) is 9.68. The summed E-state index contributed by atoms with van der Waals surface area (Å²) >= 11 is 0. The molecule has 0 aromatic heterocycles. The third-order valence-electron chi connectivity index (χ3n) is 3.36. The molecular weight excluding hydrogens is 174 g/mol. The molecule has 0 saturated carbocycles. The quantitative estimate of drug-likeness (QED) is 0.699. The van der Waals surface area contributed by atoms with Gasteiger partial charge in [-0.2, -0.15) is 0 Å². The average Bonchev–Trinajstić information content (AvgIpc) is 2.19. The standard InChI is InChI=1S/C12H23NO/c1-5-12(4,10(2)3)13-11-6-8-14-9-7-11/h5,10-11,13H,1,6-9H2,2-4H3/t12-/m0/s1. The summed E-state index contributed by atoms with van der Waals surface area (Å²) in [6, 6.07) is 0.592.